The summed E-state index contributed by atoms with van der Waals surface area (Å²) in [6.07, 6.45) is 0.441. The molecule has 4 unspecified atom stereocenters. The smallest absolute Gasteiger partial charge is 0.163 e. The Hall–Kier alpha value is -1.75. The second-order valence-electron chi connectivity index (χ2n) is 6.07. The highest BCUT2D eigenvalue weighted by Gasteiger charge is 2.39. The fraction of sp³-hybridized carbons (Fsp3) is 0.562. The number of benzene rings is 1. The number of hydrogen-bond acceptors (Lipinski definition) is 4. The monoisotopic (exact) mass is 288 g/mol. The second kappa shape index (κ2) is 4.63. The molecule has 5 heteroatoms. The van der Waals surface area contributed by atoms with Crippen LogP contribution in [0.15, 0.2) is 12.1 Å². The number of nitrogens with one attached hydrogen (secondary N) is 1. The summed E-state index contributed by atoms with van der Waals surface area (Å²) in [6, 6.07) is 3.94. The molecule has 1 aromatic carbocycles. The highest BCUT2D eigenvalue weighted by Crippen LogP contribution is 2.40. The van der Waals surface area contributed by atoms with E-state index in [9.17, 15) is 0 Å². The summed E-state index contributed by atoms with van der Waals surface area (Å²) in [6.45, 7) is 7.67. The Morgan fingerprint density at radius 2 is 1.76 bits per heavy atom. The molecule has 1 aromatic heterocycles. The van der Waals surface area contributed by atoms with Crippen LogP contribution in [0.1, 0.15) is 32.5 Å². The van der Waals surface area contributed by atoms with Crippen LogP contribution in [-0.4, -0.2) is 35.4 Å². The number of aromatic nitrogens is 2. The van der Waals surface area contributed by atoms with E-state index in [4.69, 9.17) is 19.2 Å². The number of ether oxygens (including phenoxy) is 3. The van der Waals surface area contributed by atoms with Crippen molar-refractivity contribution < 1.29 is 14.2 Å². The zero-order chi connectivity index (χ0) is 14.6. The molecule has 5 nitrogen and oxygen atoms in total. The fourth-order valence-corrected chi connectivity index (χ4v) is 3.46. The van der Waals surface area contributed by atoms with E-state index in [1.807, 2.05) is 12.1 Å². The number of fused-ring (bicyclic) bond motifs is 2. The summed E-state index contributed by atoms with van der Waals surface area (Å²) in [5.74, 6) is 3.32. The van der Waals surface area contributed by atoms with Crippen molar-refractivity contribution in [3.63, 3.8) is 0 Å². The maximum atomic E-state index is 5.93. The van der Waals surface area contributed by atoms with Crippen molar-refractivity contribution in [1.82, 2.24) is 9.97 Å². The normalized spacial score (nSPS) is 31.8. The molecule has 1 saturated heterocycles. The van der Waals surface area contributed by atoms with Gasteiger partial charge in [-0.25, -0.2) is 4.98 Å². The van der Waals surface area contributed by atoms with E-state index >= 15 is 0 Å². The molecule has 1 fully saturated rings. The third kappa shape index (κ3) is 1.99. The molecular weight excluding hydrogens is 268 g/mol. The summed E-state index contributed by atoms with van der Waals surface area (Å²) >= 11 is 0. The quantitative estimate of drug-likeness (QED) is 0.876. The van der Waals surface area contributed by atoms with Gasteiger partial charge in [0.05, 0.1) is 23.2 Å². The maximum absolute atomic E-state index is 5.93. The van der Waals surface area contributed by atoms with Gasteiger partial charge in [-0.2, -0.15) is 0 Å². The van der Waals surface area contributed by atoms with Crippen LogP contribution in [-0.2, 0) is 4.74 Å². The predicted octanol–water partition coefficient (Wildman–Crippen LogP) is 2.86. The lowest BCUT2D eigenvalue weighted by atomic mass is 9.89. The Morgan fingerprint density at radius 3 is 2.43 bits per heavy atom. The van der Waals surface area contributed by atoms with Crippen molar-refractivity contribution >= 4 is 11.0 Å². The van der Waals surface area contributed by atoms with Crippen molar-refractivity contribution in [3.8, 4) is 11.5 Å². The van der Waals surface area contributed by atoms with Gasteiger partial charge in [-0.1, -0.05) is 6.92 Å². The molecule has 4 atom stereocenters. The number of nitrogens with zero attached hydrogens (tertiary/aromatic N) is 1. The molecule has 2 aliphatic heterocycles. The Balaban J connectivity index is 1.77. The highest BCUT2D eigenvalue weighted by molar-refractivity contribution is 5.80. The van der Waals surface area contributed by atoms with Gasteiger partial charge in [-0.3, -0.25) is 0 Å². The zero-order valence-electron chi connectivity index (χ0n) is 12.6. The average Bonchev–Trinajstić information content (AvgIpc) is 2.96. The van der Waals surface area contributed by atoms with Gasteiger partial charge in [0.1, 0.15) is 19.0 Å². The molecule has 0 spiro atoms. The van der Waals surface area contributed by atoms with Crippen LogP contribution >= 0.6 is 0 Å². The first-order chi connectivity index (χ1) is 10.1. The molecular formula is C16H20N2O3. The second-order valence-corrected chi connectivity index (χ2v) is 6.07. The standard InChI is InChI=1S/C16H20N2O3/c1-8-9(2)21-10(3)15(8)16-17-11-6-13-14(7-12(11)18-16)20-5-4-19-13/h6-10,15H,4-5H2,1-3H3,(H,17,18). The number of rotatable bonds is 1. The fourth-order valence-electron chi connectivity index (χ4n) is 3.46. The first-order valence-electron chi connectivity index (χ1n) is 7.58. The van der Waals surface area contributed by atoms with E-state index in [0.717, 1.165) is 28.4 Å². The summed E-state index contributed by atoms with van der Waals surface area (Å²) in [7, 11) is 0. The SMILES string of the molecule is CC1OC(C)C(c2nc3cc4c(cc3[nH]2)OCCO4)C1C. The molecule has 2 aliphatic rings. The minimum Gasteiger partial charge on any atom is -0.486 e. The van der Waals surface area contributed by atoms with Crippen molar-refractivity contribution in [2.45, 2.75) is 38.9 Å². The topological polar surface area (TPSA) is 56.4 Å². The van der Waals surface area contributed by atoms with Crippen LogP contribution in [0.3, 0.4) is 0 Å². The van der Waals surface area contributed by atoms with Gasteiger partial charge in [0.2, 0.25) is 0 Å². The van der Waals surface area contributed by atoms with Gasteiger partial charge in [0, 0.05) is 18.1 Å². The summed E-state index contributed by atoms with van der Waals surface area (Å²) in [4.78, 5) is 8.21. The molecule has 3 heterocycles. The molecule has 0 radical (unpaired) electrons. The Kier molecular flexibility index (Phi) is 2.85. The number of H-pyrrole nitrogens is 1. The van der Waals surface area contributed by atoms with Gasteiger partial charge in [-0.05, 0) is 19.8 Å². The van der Waals surface area contributed by atoms with Crippen molar-refractivity contribution in [3.05, 3.63) is 18.0 Å². The Labute approximate surface area is 123 Å². The van der Waals surface area contributed by atoms with E-state index in [1.165, 1.54) is 0 Å². The number of aromatic amines is 1. The minimum atomic E-state index is 0.178. The van der Waals surface area contributed by atoms with E-state index in [-0.39, 0.29) is 12.2 Å². The first-order valence-corrected chi connectivity index (χ1v) is 7.58. The lowest BCUT2D eigenvalue weighted by Gasteiger charge is -2.17. The maximum Gasteiger partial charge on any atom is 0.163 e. The molecule has 4 rings (SSSR count). The van der Waals surface area contributed by atoms with Crippen molar-refractivity contribution in [2.24, 2.45) is 5.92 Å². The van der Waals surface area contributed by atoms with E-state index in [2.05, 4.69) is 25.8 Å². The van der Waals surface area contributed by atoms with E-state index < -0.39 is 0 Å². The molecule has 0 amide bonds. The summed E-state index contributed by atoms with van der Waals surface area (Å²) in [5, 5.41) is 0. The van der Waals surface area contributed by atoms with Gasteiger partial charge in [-0.15, -0.1) is 0 Å². The third-order valence-electron chi connectivity index (χ3n) is 4.72. The lowest BCUT2D eigenvalue weighted by molar-refractivity contribution is 0.0554. The first kappa shape index (κ1) is 13.0. The molecule has 21 heavy (non-hydrogen) atoms. The van der Waals surface area contributed by atoms with Gasteiger partial charge < -0.3 is 19.2 Å². The van der Waals surface area contributed by atoms with Crippen LogP contribution in [0.4, 0.5) is 0 Å². The summed E-state index contributed by atoms with van der Waals surface area (Å²) < 4.78 is 17.2. The largest absolute Gasteiger partial charge is 0.486 e. The zero-order valence-corrected chi connectivity index (χ0v) is 12.6. The van der Waals surface area contributed by atoms with Crippen molar-refractivity contribution in [1.29, 1.82) is 0 Å². The van der Waals surface area contributed by atoms with Crippen LogP contribution in [0, 0.1) is 5.92 Å². The van der Waals surface area contributed by atoms with Crippen LogP contribution in [0.25, 0.3) is 11.0 Å². The van der Waals surface area contributed by atoms with Crippen LogP contribution in [0.2, 0.25) is 0 Å². The van der Waals surface area contributed by atoms with Crippen molar-refractivity contribution in [2.75, 3.05) is 13.2 Å². The predicted molar refractivity (Wildman–Crippen MR) is 79.0 cm³/mol. The molecule has 0 bridgehead atoms. The number of hydrogen-bond donors (Lipinski definition) is 1. The van der Waals surface area contributed by atoms with Gasteiger partial charge in [0.25, 0.3) is 0 Å². The molecule has 112 valence electrons. The molecule has 1 N–H and O–H groups in total. The average molecular weight is 288 g/mol. The van der Waals surface area contributed by atoms with Crippen LogP contribution < -0.4 is 9.47 Å². The molecule has 0 saturated carbocycles. The third-order valence-corrected chi connectivity index (χ3v) is 4.72. The molecule has 2 aromatic rings. The number of imidazole rings is 1. The summed E-state index contributed by atoms with van der Waals surface area (Å²) in [5.41, 5.74) is 1.92. The van der Waals surface area contributed by atoms with Gasteiger partial charge in [0.15, 0.2) is 11.5 Å². The Morgan fingerprint density at radius 1 is 1.05 bits per heavy atom. The van der Waals surface area contributed by atoms with E-state index in [0.29, 0.717) is 25.0 Å². The molecule has 0 aliphatic carbocycles. The van der Waals surface area contributed by atoms with Gasteiger partial charge >= 0.3 is 0 Å². The Bertz CT molecular complexity index is 638. The van der Waals surface area contributed by atoms with Crippen LogP contribution in [0.5, 0.6) is 11.5 Å². The highest BCUT2D eigenvalue weighted by atomic mass is 16.6. The van der Waals surface area contributed by atoms with E-state index in [1.54, 1.807) is 0 Å². The minimum absolute atomic E-state index is 0.178. The lowest BCUT2D eigenvalue weighted by Crippen LogP contribution is -2.16.